The highest BCUT2D eigenvalue weighted by Gasteiger charge is 2.22. The van der Waals surface area contributed by atoms with Crippen LogP contribution in [0.25, 0.3) is 0 Å². The molecule has 0 spiro atoms. The van der Waals surface area contributed by atoms with Gasteiger partial charge in [0.2, 0.25) is 5.91 Å². The summed E-state index contributed by atoms with van der Waals surface area (Å²) in [6.45, 7) is 2.53. The second-order valence-corrected chi connectivity index (χ2v) is 6.12. The normalized spacial score (nSPS) is 15.2. The average molecular weight is 326 g/mol. The van der Waals surface area contributed by atoms with Gasteiger partial charge in [-0.1, -0.05) is 0 Å². The van der Waals surface area contributed by atoms with Gasteiger partial charge in [0.15, 0.2) is 0 Å². The number of hydrogen-bond acceptors (Lipinski definition) is 3. The lowest BCUT2D eigenvalue weighted by atomic mass is 10.2. The summed E-state index contributed by atoms with van der Waals surface area (Å²) in [6, 6.07) is 5.42. The highest BCUT2D eigenvalue weighted by atomic mass is 16.2. The molecule has 126 valence electrons. The van der Waals surface area contributed by atoms with Gasteiger partial charge >= 0.3 is 0 Å². The number of amides is 2. The molecule has 2 aromatic heterocycles. The Morgan fingerprint density at radius 2 is 1.75 bits per heavy atom. The molecule has 1 fully saturated rings. The first-order valence-corrected chi connectivity index (χ1v) is 8.21. The Morgan fingerprint density at radius 3 is 2.46 bits per heavy atom. The van der Waals surface area contributed by atoms with Gasteiger partial charge in [0.05, 0.1) is 6.42 Å². The van der Waals surface area contributed by atoms with Crippen LogP contribution in [0.5, 0.6) is 0 Å². The lowest BCUT2D eigenvalue weighted by Crippen LogP contribution is -2.37. The van der Waals surface area contributed by atoms with Gasteiger partial charge in [-0.05, 0) is 30.2 Å². The van der Waals surface area contributed by atoms with Crippen LogP contribution >= 0.6 is 0 Å². The van der Waals surface area contributed by atoms with Crippen molar-refractivity contribution in [3.63, 3.8) is 0 Å². The number of carbonyl (C=O) groups excluding carboxylic acids is 2. The van der Waals surface area contributed by atoms with Crippen LogP contribution in [0, 0.1) is 0 Å². The fourth-order valence-electron chi connectivity index (χ4n) is 3.00. The van der Waals surface area contributed by atoms with Crippen LogP contribution in [0.15, 0.2) is 43.0 Å². The Balaban J connectivity index is 1.58. The van der Waals surface area contributed by atoms with Crippen molar-refractivity contribution < 1.29 is 9.59 Å². The van der Waals surface area contributed by atoms with Crippen molar-refractivity contribution in [3.05, 3.63) is 54.1 Å². The summed E-state index contributed by atoms with van der Waals surface area (Å²) in [7, 11) is 1.95. The molecular formula is C18H22N4O2. The molecule has 0 bridgehead atoms. The molecule has 0 saturated carbocycles. The van der Waals surface area contributed by atoms with Crippen LogP contribution in [0.3, 0.4) is 0 Å². The lowest BCUT2D eigenvalue weighted by molar-refractivity contribution is -0.130. The zero-order valence-electron chi connectivity index (χ0n) is 13.9. The summed E-state index contributed by atoms with van der Waals surface area (Å²) in [4.78, 5) is 32.6. The van der Waals surface area contributed by atoms with Crippen molar-refractivity contribution in [3.8, 4) is 0 Å². The summed E-state index contributed by atoms with van der Waals surface area (Å²) in [6.07, 6.45) is 8.38. The smallest absolute Gasteiger partial charge is 0.254 e. The fraction of sp³-hybridized carbons (Fsp3) is 0.389. The molecule has 6 nitrogen and oxygen atoms in total. The van der Waals surface area contributed by atoms with E-state index in [1.54, 1.807) is 24.5 Å². The molecular weight excluding hydrogens is 304 g/mol. The number of pyridine rings is 1. The maximum atomic E-state index is 12.5. The van der Waals surface area contributed by atoms with Crippen molar-refractivity contribution in [1.29, 1.82) is 0 Å². The number of hydrogen-bond donors (Lipinski definition) is 0. The van der Waals surface area contributed by atoms with E-state index in [-0.39, 0.29) is 11.8 Å². The van der Waals surface area contributed by atoms with E-state index in [9.17, 15) is 9.59 Å². The van der Waals surface area contributed by atoms with Crippen molar-refractivity contribution in [2.24, 2.45) is 7.05 Å². The number of aromatic nitrogens is 2. The molecule has 0 unspecified atom stereocenters. The molecule has 1 aliphatic heterocycles. The standard InChI is InChI=1S/C18H22N4O2/c1-20-10-5-15(14-20)13-17(23)21-8-2-9-22(12-11-21)18(24)16-3-6-19-7-4-16/h3-7,10,14H,2,8-9,11-13H2,1H3. The Labute approximate surface area is 141 Å². The van der Waals surface area contributed by atoms with Crippen LogP contribution in [0.2, 0.25) is 0 Å². The number of rotatable bonds is 3. The van der Waals surface area contributed by atoms with Gasteiger partial charge < -0.3 is 14.4 Å². The van der Waals surface area contributed by atoms with E-state index in [2.05, 4.69) is 4.98 Å². The fourth-order valence-corrected chi connectivity index (χ4v) is 3.00. The molecule has 1 aliphatic rings. The minimum absolute atomic E-state index is 0.00904. The lowest BCUT2D eigenvalue weighted by Gasteiger charge is -2.22. The van der Waals surface area contributed by atoms with Crippen LogP contribution in [0.4, 0.5) is 0 Å². The van der Waals surface area contributed by atoms with Gasteiger partial charge in [-0.25, -0.2) is 0 Å². The van der Waals surface area contributed by atoms with Gasteiger partial charge in [0.25, 0.3) is 5.91 Å². The average Bonchev–Trinajstić information content (AvgIpc) is 2.86. The van der Waals surface area contributed by atoms with Crippen LogP contribution in [-0.2, 0) is 18.3 Å². The molecule has 2 aromatic rings. The summed E-state index contributed by atoms with van der Waals surface area (Å²) in [5.41, 5.74) is 1.67. The summed E-state index contributed by atoms with van der Waals surface area (Å²) in [5, 5.41) is 0. The predicted molar refractivity (Wildman–Crippen MR) is 90.5 cm³/mol. The number of aryl methyl sites for hydroxylation is 1. The topological polar surface area (TPSA) is 58.4 Å². The Kier molecular flexibility index (Phi) is 4.93. The van der Waals surface area contributed by atoms with Crippen molar-refractivity contribution in [1.82, 2.24) is 19.4 Å². The maximum absolute atomic E-state index is 12.5. The third-order valence-corrected chi connectivity index (χ3v) is 4.31. The molecule has 2 amide bonds. The summed E-state index contributed by atoms with van der Waals surface area (Å²) < 4.78 is 1.94. The molecule has 1 saturated heterocycles. The van der Waals surface area contributed by atoms with Crippen molar-refractivity contribution >= 4 is 11.8 Å². The Morgan fingerprint density at radius 1 is 1.04 bits per heavy atom. The molecule has 0 aromatic carbocycles. The van der Waals surface area contributed by atoms with Gasteiger partial charge in [-0.3, -0.25) is 14.6 Å². The van der Waals surface area contributed by atoms with E-state index in [1.165, 1.54) is 0 Å². The zero-order valence-corrected chi connectivity index (χ0v) is 13.9. The molecule has 6 heteroatoms. The van der Waals surface area contributed by atoms with Gasteiger partial charge in [-0.2, -0.15) is 0 Å². The van der Waals surface area contributed by atoms with Crippen LogP contribution < -0.4 is 0 Å². The molecule has 0 N–H and O–H groups in total. The van der Waals surface area contributed by atoms with E-state index < -0.39 is 0 Å². The molecule has 3 rings (SSSR count). The SMILES string of the molecule is Cn1ccc(CC(=O)N2CCCN(C(=O)c3ccncc3)CC2)c1. The molecule has 24 heavy (non-hydrogen) atoms. The maximum Gasteiger partial charge on any atom is 0.254 e. The summed E-state index contributed by atoms with van der Waals surface area (Å²) in [5.74, 6) is 0.133. The highest BCUT2D eigenvalue weighted by molar-refractivity contribution is 5.94. The molecule has 0 atom stereocenters. The van der Waals surface area contributed by atoms with E-state index in [4.69, 9.17) is 0 Å². The highest BCUT2D eigenvalue weighted by Crippen LogP contribution is 2.11. The third kappa shape index (κ3) is 3.82. The van der Waals surface area contributed by atoms with Crippen LogP contribution in [-0.4, -0.2) is 57.3 Å². The van der Waals surface area contributed by atoms with E-state index >= 15 is 0 Å². The Hall–Kier alpha value is -2.63. The summed E-state index contributed by atoms with van der Waals surface area (Å²) >= 11 is 0. The monoisotopic (exact) mass is 326 g/mol. The molecule has 0 aliphatic carbocycles. The van der Waals surface area contributed by atoms with Gasteiger partial charge in [-0.15, -0.1) is 0 Å². The van der Waals surface area contributed by atoms with E-state index in [0.29, 0.717) is 38.2 Å². The first-order valence-electron chi connectivity index (χ1n) is 8.21. The minimum atomic E-state index is 0.00904. The Bertz CT molecular complexity index is 711. The minimum Gasteiger partial charge on any atom is -0.357 e. The van der Waals surface area contributed by atoms with Gasteiger partial charge in [0.1, 0.15) is 0 Å². The molecule has 0 radical (unpaired) electrons. The number of nitrogens with zero attached hydrogens (tertiary/aromatic N) is 4. The second-order valence-electron chi connectivity index (χ2n) is 6.12. The van der Waals surface area contributed by atoms with E-state index in [1.807, 2.05) is 39.9 Å². The first kappa shape index (κ1) is 16.2. The number of carbonyl (C=O) groups is 2. The van der Waals surface area contributed by atoms with Crippen molar-refractivity contribution in [2.45, 2.75) is 12.8 Å². The first-order chi connectivity index (χ1) is 11.6. The van der Waals surface area contributed by atoms with Crippen molar-refractivity contribution in [2.75, 3.05) is 26.2 Å². The molecule has 3 heterocycles. The second kappa shape index (κ2) is 7.29. The third-order valence-electron chi connectivity index (χ3n) is 4.31. The van der Waals surface area contributed by atoms with Crippen LogP contribution in [0.1, 0.15) is 22.3 Å². The zero-order chi connectivity index (χ0) is 16.9. The largest absolute Gasteiger partial charge is 0.357 e. The quantitative estimate of drug-likeness (QED) is 0.855. The van der Waals surface area contributed by atoms with E-state index in [0.717, 1.165) is 12.0 Å². The van der Waals surface area contributed by atoms with Gasteiger partial charge in [0, 0.05) is 63.6 Å². The predicted octanol–water partition coefficient (Wildman–Crippen LogP) is 1.34.